The van der Waals surface area contributed by atoms with E-state index in [1.54, 1.807) is 13.0 Å². The molecule has 1 heterocycles. The normalized spacial score (nSPS) is 12.7. The fraction of sp³-hybridized carbons (Fsp3) is 0.462. The summed E-state index contributed by atoms with van der Waals surface area (Å²) in [6, 6.07) is 4.60. The minimum atomic E-state index is -0.539. The Morgan fingerprint density at radius 2 is 2.11 bits per heavy atom. The molecule has 0 aliphatic rings. The second-order valence-electron chi connectivity index (χ2n) is 5.14. The van der Waals surface area contributed by atoms with Crippen LogP contribution in [-0.2, 0) is 5.41 Å². The molecule has 0 aliphatic carbocycles. The van der Waals surface area contributed by atoms with Gasteiger partial charge in [-0.15, -0.1) is 0 Å². The van der Waals surface area contributed by atoms with Crippen LogP contribution in [0.15, 0.2) is 12.1 Å². The molecule has 1 aromatic rings. The third-order valence-corrected chi connectivity index (χ3v) is 2.56. The number of aromatic nitrogens is 1. The summed E-state index contributed by atoms with van der Waals surface area (Å²) in [6.45, 7) is 7.59. The van der Waals surface area contributed by atoms with Crippen LogP contribution in [-0.4, -0.2) is 16.9 Å². The molecule has 5 heteroatoms. The summed E-state index contributed by atoms with van der Waals surface area (Å²) in [5.74, 6) is -0.321. The van der Waals surface area contributed by atoms with E-state index in [1.165, 1.54) is 6.07 Å². The maximum atomic E-state index is 11.9. The van der Waals surface area contributed by atoms with Gasteiger partial charge in [-0.3, -0.25) is 4.79 Å². The number of amides is 1. The number of rotatable bonds is 2. The lowest BCUT2D eigenvalue weighted by molar-refractivity contribution is 0.0947. The Morgan fingerprint density at radius 1 is 1.50 bits per heavy atom. The molecule has 0 fully saturated rings. The first-order chi connectivity index (χ1) is 8.24. The average molecular weight is 266 g/mol. The number of hydrogen-bond donors (Lipinski definition) is 1. The number of nitrogens with zero attached hydrogens (tertiary/aromatic N) is 2. The van der Waals surface area contributed by atoms with Crippen LogP contribution in [0.4, 0.5) is 0 Å². The molecule has 1 atom stereocenters. The average Bonchev–Trinajstić information content (AvgIpc) is 2.26. The fourth-order valence-electron chi connectivity index (χ4n) is 1.32. The topological polar surface area (TPSA) is 65.8 Å². The van der Waals surface area contributed by atoms with E-state index in [2.05, 4.69) is 10.3 Å². The Hall–Kier alpha value is -1.60. The molecule has 1 unspecified atom stereocenters. The molecule has 1 rings (SSSR count). The second kappa shape index (κ2) is 5.36. The Balaban J connectivity index is 3.08. The van der Waals surface area contributed by atoms with E-state index in [1.807, 2.05) is 26.8 Å². The van der Waals surface area contributed by atoms with Crippen LogP contribution < -0.4 is 5.32 Å². The van der Waals surface area contributed by atoms with Crippen molar-refractivity contribution in [2.24, 2.45) is 0 Å². The van der Waals surface area contributed by atoms with Gasteiger partial charge in [0.15, 0.2) is 0 Å². The Kier molecular flexibility index (Phi) is 4.31. The van der Waals surface area contributed by atoms with Gasteiger partial charge < -0.3 is 5.32 Å². The molecule has 0 saturated carbocycles. The molecule has 1 amide bonds. The van der Waals surface area contributed by atoms with Crippen molar-refractivity contribution < 1.29 is 4.79 Å². The third kappa shape index (κ3) is 3.71. The molecule has 96 valence electrons. The van der Waals surface area contributed by atoms with Gasteiger partial charge in [0.1, 0.15) is 11.2 Å². The molecule has 0 aliphatic heterocycles. The van der Waals surface area contributed by atoms with Gasteiger partial charge in [-0.05, 0) is 19.1 Å². The minimum Gasteiger partial charge on any atom is -0.337 e. The molecule has 1 aromatic heterocycles. The molecule has 0 radical (unpaired) electrons. The minimum absolute atomic E-state index is 0.194. The van der Waals surface area contributed by atoms with Gasteiger partial charge in [-0.2, -0.15) is 5.26 Å². The summed E-state index contributed by atoms with van der Waals surface area (Å²) >= 11 is 5.91. The quantitative estimate of drug-likeness (QED) is 0.836. The second-order valence-corrected chi connectivity index (χ2v) is 5.53. The number of halogens is 1. The number of nitrogens with one attached hydrogen (secondary N) is 1. The Morgan fingerprint density at radius 3 is 2.61 bits per heavy atom. The van der Waals surface area contributed by atoms with Crippen LogP contribution in [0.25, 0.3) is 0 Å². The van der Waals surface area contributed by atoms with Gasteiger partial charge in [-0.25, -0.2) is 4.98 Å². The maximum Gasteiger partial charge on any atom is 0.252 e. The third-order valence-electron chi connectivity index (χ3n) is 2.37. The standard InChI is InChI=1S/C13H16ClN3O/c1-8(7-15)16-12(18)9-5-10(13(2,3)4)17-11(14)6-9/h5-6,8H,1-4H3,(H,16,18). The first-order valence-electron chi connectivity index (χ1n) is 5.62. The van der Waals surface area contributed by atoms with Crippen molar-refractivity contribution in [2.75, 3.05) is 0 Å². The van der Waals surface area contributed by atoms with Crippen molar-refractivity contribution >= 4 is 17.5 Å². The van der Waals surface area contributed by atoms with Crippen LogP contribution in [0, 0.1) is 11.3 Å². The highest BCUT2D eigenvalue weighted by molar-refractivity contribution is 6.29. The summed E-state index contributed by atoms with van der Waals surface area (Å²) < 4.78 is 0. The van der Waals surface area contributed by atoms with E-state index in [-0.39, 0.29) is 16.5 Å². The van der Waals surface area contributed by atoms with Crippen molar-refractivity contribution in [1.82, 2.24) is 10.3 Å². The smallest absolute Gasteiger partial charge is 0.252 e. The summed E-state index contributed by atoms with van der Waals surface area (Å²) in [4.78, 5) is 16.1. The monoisotopic (exact) mass is 265 g/mol. The zero-order chi connectivity index (χ0) is 13.9. The summed E-state index contributed by atoms with van der Waals surface area (Å²) in [6.07, 6.45) is 0. The van der Waals surface area contributed by atoms with E-state index in [0.717, 1.165) is 5.69 Å². The Labute approximate surface area is 112 Å². The molecular weight excluding hydrogens is 250 g/mol. The van der Waals surface area contributed by atoms with Crippen LogP contribution in [0.2, 0.25) is 5.15 Å². The van der Waals surface area contributed by atoms with Gasteiger partial charge in [0.2, 0.25) is 0 Å². The number of pyridine rings is 1. The van der Waals surface area contributed by atoms with E-state index in [4.69, 9.17) is 16.9 Å². The molecule has 18 heavy (non-hydrogen) atoms. The van der Waals surface area contributed by atoms with Crippen molar-refractivity contribution in [1.29, 1.82) is 5.26 Å². The highest BCUT2D eigenvalue weighted by Gasteiger charge is 2.19. The zero-order valence-corrected chi connectivity index (χ0v) is 11.7. The highest BCUT2D eigenvalue weighted by atomic mass is 35.5. The van der Waals surface area contributed by atoms with Crippen molar-refractivity contribution in [3.8, 4) is 6.07 Å². The lowest BCUT2D eigenvalue weighted by atomic mass is 9.91. The number of carbonyl (C=O) groups excluding carboxylic acids is 1. The molecule has 4 nitrogen and oxygen atoms in total. The van der Waals surface area contributed by atoms with Crippen molar-refractivity contribution in [3.05, 3.63) is 28.5 Å². The molecule has 0 saturated heterocycles. The molecule has 1 N–H and O–H groups in total. The van der Waals surface area contributed by atoms with Gasteiger partial charge in [0, 0.05) is 16.7 Å². The molecule has 0 spiro atoms. The number of nitriles is 1. The van der Waals surface area contributed by atoms with Crippen LogP contribution >= 0.6 is 11.6 Å². The van der Waals surface area contributed by atoms with E-state index >= 15 is 0 Å². The van der Waals surface area contributed by atoms with E-state index < -0.39 is 6.04 Å². The largest absolute Gasteiger partial charge is 0.337 e. The number of hydrogen-bond acceptors (Lipinski definition) is 3. The van der Waals surface area contributed by atoms with Crippen LogP contribution in [0.5, 0.6) is 0 Å². The fourth-order valence-corrected chi connectivity index (χ4v) is 1.53. The van der Waals surface area contributed by atoms with Gasteiger partial charge in [0.25, 0.3) is 5.91 Å². The Bertz CT molecular complexity index is 500. The molecule has 0 bridgehead atoms. The summed E-state index contributed by atoms with van der Waals surface area (Å²) in [5, 5.41) is 11.5. The SMILES string of the molecule is CC(C#N)NC(=O)c1cc(Cl)nc(C(C)(C)C)c1. The van der Waals surface area contributed by atoms with E-state index in [9.17, 15) is 4.79 Å². The predicted octanol–water partition coefficient (Wildman–Crippen LogP) is 2.67. The van der Waals surface area contributed by atoms with E-state index in [0.29, 0.717) is 5.56 Å². The van der Waals surface area contributed by atoms with Crippen molar-refractivity contribution in [3.63, 3.8) is 0 Å². The molecule has 0 aromatic carbocycles. The summed E-state index contributed by atoms with van der Waals surface area (Å²) in [5.41, 5.74) is 0.965. The van der Waals surface area contributed by atoms with Crippen LogP contribution in [0.1, 0.15) is 43.7 Å². The lowest BCUT2D eigenvalue weighted by Gasteiger charge is -2.18. The maximum absolute atomic E-state index is 11.9. The van der Waals surface area contributed by atoms with Gasteiger partial charge in [-0.1, -0.05) is 32.4 Å². The first kappa shape index (κ1) is 14.5. The summed E-state index contributed by atoms with van der Waals surface area (Å²) in [7, 11) is 0. The zero-order valence-electron chi connectivity index (χ0n) is 10.9. The van der Waals surface area contributed by atoms with Crippen molar-refractivity contribution in [2.45, 2.75) is 39.2 Å². The van der Waals surface area contributed by atoms with Gasteiger partial charge >= 0.3 is 0 Å². The molecular formula is C13H16ClN3O. The highest BCUT2D eigenvalue weighted by Crippen LogP contribution is 2.23. The number of carbonyl (C=O) groups is 1. The van der Waals surface area contributed by atoms with Gasteiger partial charge in [0.05, 0.1) is 6.07 Å². The van der Waals surface area contributed by atoms with Crippen LogP contribution in [0.3, 0.4) is 0 Å². The first-order valence-corrected chi connectivity index (χ1v) is 6.00. The lowest BCUT2D eigenvalue weighted by Crippen LogP contribution is -2.31. The predicted molar refractivity (Wildman–Crippen MR) is 70.5 cm³/mol.